The lowest BCUT2D eigenvalue weighted by Gasteiger charge is -2.06. The van der Waals surface area contributed by atoms with Crippen molar-refractivity contribution < 1.29 is 4.79 Å². The maximum absolute atomic E-state index is 12.3. The number of carbonyl (C=O) groups is 1. The molecule has 5 nitrogen and oxygen atoms in total. The summed E-state index contributed by atoms with van der Waals surface area (Å²) in [6.45, 7) is 2.46. The highest BCUT2D eigenvalue weighted by Gasteiger charge is 2.12. The van der Waals surface area contributed by atoms with Crippen LogP contribution in [0.1, 0.15) is 21.5 Å². The molecule has 0 fully saturated rings. The van der Waals surface area contributed by atoms with Crippen LogP contribution in [0.4, 0.5) is 5.69 Å². The first-order valence-corrected chi connectivity index (χ1v) is 6.69. The van der Waals surface area contributed by atoms with Gasteiger partial charge in [0, 0.05) is 41.7 Å². The van der Waals surface area contributed by atoms with Crippen LogP contribution in [0.25, 0.3) is 10.9 Å². The molecule has 3 rings (SSSR count). The molecule has 0 aliphatic rings. The van der Waals surface area contributed by atoms with Crippen molar-refractivity contribution in [3.05, 3.63) is 59.5 Å². The Bertz CT molecular complexity index is 807. The van der Waals surface area contributed by atoms with Crippen LogP contribution >= 0.6 is 0 Å². The fraction of sp³-hybridized carbons (Fsp3) is 0.125. The highest BCUT2D eigenvalue weighted by Crippen LogP contribution is 2.20. The number of hydrogen-bond donors (Lipinski definition) is 3. The molecule has 21 heavy (non-hydrogen) atoms. The second kappa shape index (κ2) is 5.28. The summed E-state index contributed by atoms with van der Waals surface area (Å²) in [4.78, 5) is 19.4. The number of hydrogen-bond acceptors (Lipinski definition) is 3. The van der Waals surface area contributed by atoms with Gasteiger partial charge in [0.05, 0.1) is 5.56 Å². The third-order valence-electron chi connectivity index (χ3n) is 3.54. The lowest BCUT2D eigenvalue weighted by atomic mass is 10.1. The third kappa shape index (κ3) is 2.58. The number of amides is 1. The number of H-pyrrole nitrogens is 1. The Morgan fingerprint density at radius 3 is 3.05 bits per heavy atom. The second-order valence-corrected chi connectivity index (χ2v) is 4.99. The number of rotatable bonds is 3. The molecule has 0 aliphatic carbocycles. The van der Waals surface area contributed by atoms with Crippen molar-refractivity contribution in [2.45, 2.75) is 13.5 Å². The Labute approximate surface area is 122 Å². The van der Waals surface area contributed by atoms with E-state index in [-0.39, 0.29) is 5.91 Å². The van der Waals surface area contributed by atoms with E-state index in [0.29, 0.717) is 17.8 Å². The lowest BCUT2D eigenvalue weighted by molar-refractivity contribution is 0.0952. The first-order valence-electron chi connectivity index (χ1n) is 6.69. The number of nitrogens with zero attached hydrogens (tertiary/aromatic N) is 1. The molecule has 2 aromatic heterocycles. The Balaban J connectivity index is 1.80. The molecule has 4 N–H and O–H groups in total. The molecule has 0 bridgehead atoms. The van der Waals surface area contributed by atoms with Crippen LogP contribution in [-0.2, 0) is 6.54 Å². The fourth-order valence-corrected chi connectivity index (χ4v) is 2.28. The van der Waals surface area contributed by atoms with E-state index < -0.39 is 0 Å². The number of anilines is 1. The molecule has 0 atom stereocenters. The maximum atomic E-state index is 12.3. The number of fused-ring (bicyclic) bond motifs is 1. The van der Waals surface area contributed by atoms with Crippen LogP contribution < -0.4 is 11.1 Å². The molecular formula is C16H16N4O. The molecule has 0 radical (unpaired) electrons. The molecule has 1 amide bonds. The second-order valence-electron chi connectivity index (χ2n) is 4.99. The van der Waals surface area contributed by atoms with Gasteiger partial charge in [0.25, 0.3) is 5.91 Å². The van der Waals surface area contributed by atoms with Gasteiger partial charge in [-0.05, 0) is 42.3 Å². The number of aromatic amines is 1. The Kier molecular flexibility index (Phi) is 3.31. The van der Waals surface area contributed by atoms with E-state index in [2.05, 4.69) is 15.3 Å². The van der Waals surface area contributed by atoms with Crippen molar-refractivity contribution in [3.8, 4) is 0 Å². The van der Waals surface area contributed by atoms with E-state index in [1.807, 2.05) is 25.1 Å². The summed E-state index contributed by atoms with van der Waals surface area (Å²) in [5.74, 6) is -0.116. The van der Waals surface area contributed by atoms with Gasteiger partial charge in [-0.25, -0.2) is 0 Å². The average Bonchev–Trinajstić information content (AvgIpc) is 2.89. The zero-order chi connectivity index (χ0) is 14.8. The van der Waals surface area contributed by atoms with Gasteiger partial charge in [0.2, 0.25) is 0 Å². The molecule has 2 heterocycles. The molecule has 106 valence electrons. The summed E-state index contributed by atoms with van der Waals surface area (Å²) in [5, 5.41) is 3.78. The third-order valence-corrected chi connectivity index (χ3v) is 3.54. The molecular weight excluding hydrogens is 264 g/mol. The number of nitrogens with one attached hydrogen (secondary N) is 2. The molecule has 0 aliphatic heterocycles. The fourth-order valence-electron chi connectivity index (χ4n) is 2.28. The van der Waals surface area contributed by atoms with E-state index in [0.717, 1.165) is 22.0 Å². The van der Waals surface area contributed by atoms with Gasteiger partial charge in [-0.1, -0.05) is 0 Å². The molecule has 0 saturated heterocycles. The summed E-state index contributed by atoms with van der Waals surface area (Å²) in [6.07, 6.45) is 5.21. The van der Waals surface area contributed by atoms with E-state index in [1.165, 1.54) is 0 Å². The standard InChI is InChI=1S/C16H16N4O/c1-10-4-5-18-7-11(10)8-20-16(21)14-9-19-15-6-12(17)2-3-13(14)15/h2-7,9,19H,8,17H2,1H3,(H,20,21). The minimum absolute atomic E-state index is 0.116. The van der Waals surface area contributed by atoms with Crippen molar-refractivity contribution in [2.24, 2.45) is 0 Å². The topological polar surface area (TPSA) is 83.8 Å². The highest BCUT2D eigenvalue weighted by atomic mass is 16.1. The summed E-state index contributed by atoms with van der Waals surface area (Å²) in [6, 6.07) is 7.39. The van der Waals surface area contributed by atoms with E-state index in [4.69, 9.17) is 5.73 Å². The number of carbonyl (C=O) groups excluding carboxylic acids is 1. The van der Waals surface area contributed by atoms with Crippen LogP contribution in [0, 0.1) is 6.92 Å². The molecule has 0 unspecified atom stereocenters. The monoisotopic (exact) mass is 280 g/mol. The number of benzene rings is 1. The van der Waals surface area contributed by atoms with Crippen molar-refractivity contribution in [2.75, 3.05) is 5.73 Å². The zero-order valence-corrected chi connectivity index (χ0v) is 11.7. The van der Waals surface area contributed by atoms with Gasteiger partial charge in [0.15, 0.2) is 0 Å². The van der Waals surface area contributed by atoms with Gasteiger partial charge >= 0.3 is 0 Å². The SMILES string of the molecule is Cc1ccncc1CNC(=O)c1c[nH]c2cc(N)ccc12. The predicted molar refractivity (Wildman–Crippen MR) is 82.9 cm³/mol. The predicted octanol–water partition coefficient (Wildman–Crippen LogP) is 2.38. The van der Waals surface area contributed by atoms with Crippen LogP contribution in [0.15, 0.2) is 42.9 Å². The Hall–Kier alpha value is -2.82. The maximum Gasteiger partial charge on any atom is 0.253 e. The van der Waals surface area contributed by atoms with E-state index in [1.54, 1.807) is 24.7 Å². The summed E-state index contributed by atoms with van der Waals surface area (Å²) in [7, 11) is 0. The van der Waals surface area contributed by atoms with Crippen LogP contribution in [0.3, 0.4) is 0 Å². The normalized spacial score (nSPS) is 10.7. The van der Waals surface area contributed by atoms with Crippen LogP contribution in [0.5, 0.6) is 0 Å². The number of pyridine rings is 1. The number of nitrogens with two attached hydrogens (primary N) is 1. The smallest absolute Gasteiger partial charge is 0.253 e. The van der Waals surface area contributed by atoms with Gasteiger partial charge in [-0.15, -0.1) is 0 Å². The van der Waals surface area contributed by atoms with Gasteiger partial charge < -0.3 is 16.0 Å². The average molecular weight is 280 g/mol. The minimum Gasteiger partial charge on any atom is -0.399 e. The number of aromatic nitrogens is 2. The zero-order valence-electron chi connectivity index (χ0n) is 11.7. The van der Waals surface area contributed by atoms with Crippen LogP contribution in [-0.4, -0.2) is 15.9 Å². The van der Waals surface area contributed by atoms with Gasteiger partial charge in [-0.3, -0.25) is 9.78 Å². The summed E-state index contributed by atoms with van der Waals surface area (Å²) >= 11 is 0. The van der Waals surface area contributed by atoms with Crippen molar-refractivity contribution in [1.29, 1.82) is 0 Å². The van der Waals surface area contributed by atoms with E-state index in [9.17, 15) is 4.79 Å². The van der Waals surface area contributed by atoms with Gasteiger partial charge in [0.1, 0.15) is 0 Å². The number of aryl methyl sites for hydroxylation is 1. The van der Waals surface area contributed by atoms with Crippen LogP contribution in [0.2, 0.25) is 0 Å². The molecule has 5 heteroatoms. The Morgan fingerprint density at radius 2 is 2.24 bits per heavy atom. The summed E-state index contributed by atoms with van der Waals surface area (Å²) in [5.41, 5.74) is 10.00. The molecule has 0 saturated carbocycles. The Morgan fingerprint density at radius 1 is 1.38 bits per heavy atom. The summed E-state index contributed by atoms with van der Waals surface area (Å²) < 4.78 is 0. The minimum atomic E-state index is -0.116. The van der Waals surface area contributed by atoms with Gasteiger partial charge in [-0.2, -0.15) is 0 Å². The lowest BCUT2D eigenvalue weighted by Crippen LogP contribution is -2.23. The largest absolute Gasteiger partial charge is 0.399 e. The van der Waals surface area contributed by atoms with Crippen molar-refractivity contribution in [3.63, 3.8) is 0 Å². The molecule has 3 aromatic rings. The first-order chi connectivity index (χ1) is 10.1. The quantitative estimate of drug-likeness (QED) is 0.644. The highest BCUT2D eigenvalue weighted by molar-refractivity contribution is 6.07. The molecule has 0 spiro atoms. The number of nitrogen functional groups attached to an aromatic ring is 1. The van der Waals surface area contributed by atoms with E-state index >= 15 is 0 Å². The molecule has 1 aromatic carbocycles. The first kappa shape index (κ1) is 13.2. The van der Waals surface area contributed by atoms with Crippen molar-refractivity contribution >= 4 is 22.5 Å². The van der Waals surface area contributed by atoms with Crippen molar-refractivity contribution in [1.82, 2.24) is 15.3 Å².